The molecule has 1 heterocycles. The number of nitrogens with zero attached hydrogens (tertiary/aromatic N) is 1. The molecule has 5 nitrogen and oxygen atoms in total. The van der Waals surface area contributed by atoms with E-state index in [-0.39, 0.29) is 4.90 Å². The fourth-order valence-electron chi connectivity index (χ4n) is 2.70. The maximum absolute atomic E-state index is 12.7. The summed E-state index contributed by atoms with van der Waals surface area (Å²) in [6, 6.07) is 22.1. The number of pyridine rings is 1. The summed E-state index contributed by atoms with van der Waals surface area (Å²) in [4.78, 5) is 4.39. The minimum Gasteiger partial charge on any atom is -0.455 e. The third kappa shape index (κ3) is 3.93. The van der Waals surface area contributed by atoms with Crippen molar-refractivity contribution >= 4 is 38.2 Å². The van der Waals surface area contributed by atoms with Crippen molar-refractivity contribution in [2.75, 3.05) is 4.72 Å². The van der Waals surface area contributed by atoms with Crippen LogP contribution in [0.2, 0.25) is 5.02 Å². The van der Waals surface area contributed by atoms with Gasteiger partial charge in [0.25, 0.3) is 10.0 Å². The molecule has 0 bridgehead atoms. The Hall–Kier alpha value is -3.09. The van der Waals surface area contributed by atoms with Crippen LogP contribution in [0.4, 0.5) is 5.69 Å². The molecule has 0 radical (unpaired) electrons. The molecule has 4 rings (SSSR count). The lowest BCUT2D eigenvalue weighted by atomic mass is 10.2. The standard InChI is InChI=1S/C21H15ClN2O3S/c22-16-7-10-18(11-8-16)28(25,26)24-20-5-1-2-6-21(20)27-17-9-12-19-15(14-17)4-3-13-23-19/h1-14,24H. The fraction of sp³-hybridized carbons (Fsp3) is 0. The van der Waals surface area contributed by atoms with Crippen molar-refractivity contribution in [3.63, 3.8) is 0 Å². The van der Waals surface area contributed by atoms with E-state index in [2.05, 4.69) is 9.71 Å². The van der Waals surface area contributed by atoms with Crippen LogP contribution in [0.25, 0.3) is 10.9 Å². The van der Waals surface area contributed by atoms with Crippen molar-refractivity contribution in [2.24, 2.45) is 0 Å². The third-order valence-electron chi connectivity index (χ3n) is 4.06. The summed E-state index contributed by atoms with van der Waals surface area (Å²) in [6.45, 7) is 0. The van der Waals surface area contributed by atoms with Crippen LogP contribution in [0.5, 0.6) is 11.5 Å². The molecule has 0 atom stereocenters. The summed E-state index contributed by atoms with van der Waals surface area (Å²) in [5.41, 5.74) is 1.19. The average Bonchev–Trinajstić information content (AvgIpc) is 2.69. The van der Waals surface area contributed by atoms with Crippen LogP contribution in [0.15, 0.2) is 90.0 Å². The van der Waals surface area contributed by atoms with Gasteiger partial charge in [-0.05, 0) is 60.7 Å². The van der Waals surface area contributed by atoms with E-state index in [0.29, 0.717) is 22.2 Å². The van der Waals surface area contributed by atoms with Gasteiger partial charge < -0.3 is 4.74 Å². The van der Waals surface area contributed by atoms with Crippen LogP contribution >= 0.6 is 11.6 Å². The van der Waals surface area contributed by atoms with Gasteiger partial charge in [-0.15, -0.1) is 0 Å². The monoisotopic (exact) mass is 410 g/mol. The van der Waals surface area contributed by atoms with E-state index in [1.54, 1.807) is 36.5 Å². The Bertz CT molecular complexity index is 1240. The van der Waals surface area contributed by atoms with E-state index in [0.717, 1.165) is 10.9 Å². The van der Waals surface area contributed by atoms with Gasteiger partial charge in [-0.25, -0.2) is 8.42 Å². The molecule has 7 heteroatoms. The summed E-state index contributed by atoms with van der Waals surface area (Å²) < 4.78 is 33.9. The molecule has 4 aromatic rings. The lowest BCUT2D eigenvalue weighted by molar-refractivity contribution is 0.485. The lowest BCUT2D eigenvalue weighted by Crippen LogP contribution is -2.13. The average molecular weight is 411 g/mol. The van der Waals surface area contributed by atoms with Crippen molar-refractivity contribution < 1.29 is 13.2 Å². The molecule has 0 spiro atoms. The molecule has 1 N–H and O–H groups in total. The molecule has 0 fully saturated rings. The van der Waals surface area contributed by atoms with E-state index in [1.165, 1.54) is 24.3 Å². The van der Waals surface area contributed by atoms with Crippen LogP contribution < -0.4 is 9.46 Å². The minimum absolute atomic E-state index is 0.114. The number of benzene rings is 3. The topological polar surface area (TPSA) is 68.3 Å². The largest absolute Gasteiger partial charge is 0.455 e. The Balaban J connectivity index is 1.63. The van der Waals surface area contributed by atoms with Gasteiger partial charge in [0.2, 0.25) is 0 Å². The predicted octanol–water partition coefficient (Wildman–Crippen LogP) is 5.48. The number of anilines is 1. The predicted molar refractivity (Wildman–Crippen MR) is 111 cm³/mol. The second-order valence-electron chi connectivity index (χ2n) is 6.02. The molecule has 0 aliphatic carbocycles. The van der Waals surface area contributed by atoms with Gasteiger partial charge in [-0.2, -0.15) is 0 Å². The number of nitrogens with one attached hydrogen (secondary N) is 1. The molecule has 0 unspecified atom stereocenters. The number of hydrogen-bond donors (Lipinski definition) is 1. The second-order valence-corrected chi connectivity index (χ2v) is 8.13. The van der Waals surface area contributed by atoms with Gasteiger partial charge >= 0.3 is 0 Å². The van der Waals surface area contributed by atoms with E-state index >= 15 is 0 Å². The SMILES string of the molecule is O=S(=O)(Nc1ccccc1Oc1ccc2ncccc2c1)c1ccc(Cl)cc1. The number of rotatable bonds is 5. The van der Waals surface area contributed by atoms with E-state index in [1.807, 2.05) is 24.3 Å². The molecule has 0 amide bonds. The first kappa shape index (κ1) is 18.3. The maximum atomic E-state index is 12.7. The maximum Gasteiger partial charge on any atom is 0.262 e. The first-order valence-corrected chi connectivity index (χ1v) is 10.3. The van der Waals surface area contributed by atoms with E-state index < -0.39 is 10.0 Å². The number of fused-ring (bicyclic) bond motifs is 1. The van der Waals surface area contributed by atoms with Crippen LogP contribution in [-0.4, -0.2) is 13.4 Å². The summed E-state index contributed by atoms with van der Waals surface area (Å²) in [7, 11) is -3.78. The quantitative estimate of drug-likeness (QED) is 0.473. The highest BCUT2D eigenvalue weighted by Gasteiger charge is 2.16. The molecule has 0 saturated heterocycles. The third-order valence-corrected chi connectivity index (χ3v) is 5.69. The Labute approximate surface area is 167 Å². The molecule has 3 aromatic carbocycles. The van der Waals surface area contributed by atoms with Crippen LogP contribution in [0.1, 0.15) is 0 Å². The van der Waals surface area contributed by atoms with E-state index in [4.69, 9.17) is 16.3 Å². The summed E-state index contributed by atoms with van der Waals surface area (Å²) in [6.07, 6.45) is 1.73. The first-order chi connectivity index (χ1) is 13.5. The van der Waals surface area contributed by atoms with Crippen LogP contribution in [0, 0.1) is 0 Å². The lowest BCUT2D eigenvalue weighted by Gasteiger charge is -2.14. The summed E-state index contributed by atoms with van der Waals surface area (Å²) in [5.74, 6) is 0.974. The number of ether oxygens (including phenoxy) is 1. The molecular formula is C21H15ClN2O3S. The molecule has 28 heavy (non-hydrogen) atoms. The molecular weight excluding hydrogens is 396 g/mol. The number of sulfonamides is 1. The van der Waals surface area contributed by atoms with Gasteiger partial charge in [-0.3, -0.25) is 9.71 Å². The number of aromatic nitrogens is 1. The fourth-order valence-corrected chi connectivity index (χ4v) is 3.90. The zero-order chi connectivity index (χ0) is 19.6. The first-order valence-electron chi connectivity index (χ1n) is 8.41. The van der Waals surface area contributed by atoms with Gasteiger partial charge in [-0.1, -0.05) is 29.8 Å². The van der Waals surface area contributed by atoms with Gasteiger partial charge in [0.15, 0.2) is 5.75 Å². The molecule has 1 aromatic heterocycles. The van der Waals surface area contributed by atoms with Crippen molar-refractivity contribution in [3.8, 4) is 11.5 Å². The smallest absolute Gasteiger partial charge is 0.262 e. The molecule has 0 aliphatic heterocycles. The highest BCUT2D eigenvalue weighted by atomic mass is 35.5. The second kappa shape index (κ2) is 7.50. The zero-order valence-corrected chi connectivity index (χ0v) is 16.1. The Morgan fingerprint density at radius 1 is 0.893 bits per heavy atom. The Morgan fingerprint density at radius 2 is 1.68 bits per heavy atom. The number of para-hydroxylation sites is 2. The molecule has 0 aliphatic rings. The normalized spacial score (nSPS) is 11.3. The highest BCUT2D eigenvalue weighted by molar-refractivity contribution is 7.92. The van der Waals surface area contributed by atoms with Gasteiger partial charge in [0.05, 0.1) is 16.1 Å². The zero-order valence-electron chi connectivity index (χ0n) is 14.5. The molecule has 140 valence electrons. The summed E-state index contributed by atoms with van der Waals surface area (Å²) >= 11 is 5.84. The van der Waals surface area contributed by atoms with Crippen molar-refractivity contribution in [1.29, 1.82) is 0 Å². The number of halogens is 1. The van der Waals surface area contributed by atoms with Crippen molar-refractivity contribution in [1.82, 2.24) is 4.98 Å². The van der Waals surface area contributed by atoms with E-state index in [9.17, 15) is 8.42 Å². The van der Waals surface area contributed by atoms with Gasteiger partial charge in [0.1, 0.15) is 5.75 Å². The summed E-state index contributed by atoms with van der Waals surface area (Å²) in [5, 5.41) is 1.40. The Kier molecular flexibility index (Phi) is 4.90. The Morgan fingerprint density at radius 3 is 2.50 bits per heavy atom. The molecule has 0 saturated carbocycles. The van der Waals surface area contributed by atoms with Gasteiger partial charge in [0, 0.05) is 16.6 Å². The van der Waals surface area contributed by atoms with Crippen LogP contribution in [0.3, 0.4) is 0 Å². The van der Waals surface area contributed by atoms with Crippen molar-refractivity contribution in [2.45, 2.75) is 4.90 Å². The van der Waals surface area contributed by atoms with Crippen LogP contribution in [-0.2, 0) is 10.0 Å². The van der Waals surface area contributed by atoms with Crippen molar-refractivity contribution in [3.05, 3.63) is 90.1 Å². The highest BCUT2D eigenvalue weighted by Crippen LogP contribution is 2.32. The minimum atomic E-state index is -3.78. The number of hydrogen-bond acceptors (Lipinski definition) is 4.